The smallest absolute Gasteiger partial charge is 0.240 e. The number of aliphatic hydroxyl groups is 3. The van der Waals surface area contributed by atoms with Gasteiger partial charge in [0.25, 0.3) is 0 Å². The largest absolute Gasteiger partial charge is 0.390 e. The van der Waals surface area contributed by atoms with Crippen LogP contribution in [0.25, 0.3) is 10.4 Å². The first kappa shape index (κ1) is 16.3. The quantitative estimate of drug-likeness (QED) is 0.130. The summed E-state index contributed by atoms with van der Waals surface area (Å²) in [5, 5.41) is 31.3. The molecule has 0 fully saturated rings. The highest BCUT2D eigenvalue weighted by Gasteiger charge is 2.32. The van der Waals surface area contributed by atoms with E-state index in [0.717, 1.165) is 6.92 Å². The molecule has 10 heteroatoms. The van der Waals surface area contributed by atoms with E-state index in [1.807, 2.05) is 5.48 Å². The van der Waals surface area contributed by atoms with Crippen LogP contribution in [0, 0.1) is 0 Å². The molecule has 0 aliphatic heterocycles. The minimum atomic E-state index is -1.79. The fraction of sp³-hybridized carbons (Fsp3) is 0.750. The zero-order chi connectivity index (χ0) is 14.1. The number of nitrogens with one attached hydrogen (secondary N) is 1. The Labute approximate surface area is 102 Å². The number of hydrogen-bond acceptors (Lipinski definition) is 7. The molecule has 0 aromatic carbocycles. The Morgan fingerprint density at radius 3 is 2.56 bits per heavy atom. The van der Waals surface area contributed by atoms with Crippen molar-refractivity contribution in [1.82, 2.24) is 5.48 Å². The number of nitrogens with zero attached hydrogens (tertiary/aromatic N) is 3. The number of carbonyl (C=O) groups excluding carboxylic acids is 2. The van der Waals surface area contributed by atoms with Crippen molar-refractivity contribution < 1.29 is 29.7 Å². The van der Waals surface area contributed by atoms with E-state index in [9.17, 15) is 24.9 Å². The van der Waals surface area contributed by atoms with Crippen molar-refractivity contribution in [3.8, 4) is 0 Å². The fourth-order valence-corrected chi connectivity index (χ4v) is 0.979. The van der Waals surface area contributed by atoms with Gasteiger partial charge in [-0.2, -0.15) is 0 Å². The summed E-state index contributed by atoms with van der Waals surface area (Å²) < 4.78 is 0. The average molecular weight is 262 g/mol. The van der Waals surface area contributed by atoms with Crippen LogP contribution in [-0.2, 0) is 14.4 Å². The van der Waals surface area contributed by atoms with Gasteiger partial charge in [0.1, 0.15) is 12.2 Å². The van der Waals surface area contributed by atoms with Gasteiger partial charge < -0.3 is 20.1 Å². The van der Waals surface area contributed by atoms with E-state index in [2.05, 4.69) is 14.9 Å². The van der Waals surface area contributed by atoms with E-state index in [1.54, 1.807) is 0 Å². The van der Waals surface area contributed by atoms with Crippen molar-refractivity contribution in [3.63, 3.8) is 0 Å². The van der Waals surface area contributed by atoms with Crippen LogP contribution in [0.15, 0.2) is 5.11 Å². The number of amides is 1. The highest BCUT2D eigenvalue weighted by Crippen LogP contribution is 2.06. The number of azide groups is 1. The summed E-state index contributed by atoms with van der Waals surface area (Å²) in [6.45, 7) is 0.627. The minimum Gasteiger partial charge on any atom is -0.390 e. The lowest BCUT2D eigenvalue weighted by Gasteiger charge is -2.25. The average Bonchev–Trinajstić information content (AvgIpc) is 2.34. The minimum absolute atomic E-state index is 0.143. The molecule has 4 N–H and O–H groups in total. The van der Waals surface area contributed by atoms with Crippen molar-refractivity contribution in [2.75, 3.05) is 6.54 Å². The number of carbonyl (C=O) groups is 2. The molecule has 0 heterocycles. The molecular formula is C8H14N4O6. The molecular weight excluding hydrogens is 248 g/mol. The van der Waals surface area contributed by atoms with Gasteiger partial charge in [-0.1, -0.05) is 5.11 Å². The zero-order valence-electron chi connectivity index (χ0n) is 9.50. The van der Waals surface area contributed by atoms with E-state index in [0.29, 0.717) is 0 Å². The van der Waals surface area contributed by atoms with Crippen molar-refractivity contribution in [2.24, 2.45) is 5.11 Å². The van der Waals surface area contributed by atoms with Crippen molar-refractivity contribution in [1.29, 1.82) is 0 Å². The molecule has 1 amide bonds. The topological polar surface area (TPSA) is 165 Å². The van der Waals surface area contributed by atoms with Gasteiger partial charge in [-0.3, -0.25) is 9.63 Å². The van der Waals surface area contributed by atoms with Gasteiger partial charge in [-0.25, -0.2) is 5.48 Å². The second-order valence-electron chi connectivity index (χ2n) is 3.34. The van der Waals surface area contributed by atoms with Crippen molar-refractivity contribution >= 4 is 12.2 Å². The number of hydrogen-bond donors (Lipinski definition) is 4. The Morgan fingerprint density at radius 1 is 1.50 bits per heavy atom. The van der Waals surface area contributed by atoms with Crippen LogP contribution in [0.1, 0.15) is 6.92 Å². The lowest BCUT2D eigenvalue weighted by atomic mass is 10.0. The first-order chi connectivity index (χ1) is 8.43. The van der Waals surface area contributed by atoms with Crippen molar-refractivity contribution in [2.45, 2.75) is 31.3 Å². The van der Waals surface area contributed by atoms with Crippen LogP contribution in [-0.4, -0.2) is 58.5 Å². The van der Waals surface area contributed by atoms with Gasteiger partial charge in [-0.05, 0) is 5.53 Å². The normalized spacial score (nSPS) is 16.9. The Morgan fingerprint density at radius 2 is 2.11 bits per heavy atom. The number of aliphatic hydroxyl groups excluding tert-OH is 3. The third kappa shape index (κ3) is 5.57. The summed E-state index contributed by atoms with van der Waals surface area (Å²) in [7, 11) is 0. The summed E-state index contributed by atoms with van der Waals surface area (Å²) >= 11 is 0. The second-order valence-corrected chi connectivity index (χ2v) is 3.34. The van der Waals surface area contributed by atoms with Gasteiger partial charge in [0, 0.05) is 11.8 Å². The molecule has 0 rings (SSSR count). The van der Waals surface area contributed by atoms with Gasteiger partial charge in [0.05, 0.1) is 12.6 Å². The maximum Gasteiger partial charge on any atom is 0.240 e. The van der Waals surface area contributed by atoms with Crippen LogP contribution in [0.2, 0.25) is 0 Å². The first-order valence-electron chi connectivity index (χ1n) is 4.86. The third-order valence-electron chi connectivity index (χ3n) is 1.89. The molecule has 0 aliphatic carbocycles. The molecule has 0 aromatic heterocycles. The molecule has 0 saturated heterocycles. The van der Waals surface area contributed by atoms with E-state index in [-0.39, 0.29) is 6.29 Å². The number of rotatable bonds is 8. The monoisotopic (exact) mass is 262 g/mol. The maximum absolute atomic E-state index is 10.6. The molecule has 4 atom stereocenters. The summed E-state index contributed by atoms with van der Waals surface area (Å²) in [5.74, 6) is -0.613. The summed E-state index contributed by atoms with van der Waals surface area (Å²) in [4.78, 5) is 28.0. The molecule has 10 nitrogen and oxygen atoms in total. The summed E-state index contributed by atoms with van der Waals surface area (Å²) in [6, 6.07) is 0. The Hall–Kier alpha value is -1.71. The molecule has 0 spiro atoms. The number of hydroxylamine groups is 1. The zero-order valence-corrected chi connectivity index (χ0v) is 9.50. The van der Waals surface area contributed by atoms with Crippen LogP contribution >= 0.6 is 0 Å². The van der Waals surface area contributed by atoms with Gasteiger partial charge in [0.2, 0.25) is 5.91 Å². The lowest BCUT2D eigenvalue weighted by Crippen LogP contribution is -2.49. The molecule has 18 heavy (non-hydrogen) atoms. The van der Waals surface area contributed by atoms with Gasteiger partial charge in [-0.15, -0.1) is 0 Å². The van der Waals surface area contributed by atoms with Crippen LogP contribution < -0.4 is 5.48 Å². The maximum atomic E-state index is 10.6. The standard InChI is InChI=1S/C8H14N4O6/c1-4(14)11-18-6(3-13)8(17)7(16)5(15)2-10-12-9/h3,5-8,15-17H,2H2,1H3,(H,11,14)/t5-,6+,7-,8-/m1/s1. The molecule has 0 bridgehead atoms. The Bertz CT molecular complexity index is 332. The van der Waals surface area contributed by atoms with E-state index < -0.39 is 36.9 Å². The molecule has 0 unspecified atom stereocenters. The van der Waals surface area contributed by atoms with Crippen molar-refractivity contribution in [3.05, 3.63) is 10.4 Å². The molecule has 0 saturated carbocycles. The third-order valence-corrected chi connectivity index (χ3v) is 1.89. The molecule has 0 aliphatic rings. The Kier molecular flexibility index (Phi) is 7.59. The molecule has 0 aromatic rings. The first-order valence-corrected chi connectivity index (χ1v) is 4.86. The summed E-state index contributed by atoms with van der Waals surface area (Å²) in [6.07, 6.45) is -6.56. The fourth-order valence-electron chi connectivity index (χ4n) is 0.979. The SMILES string of the molecule is CC(=O)NO[C@@H](C=O)[C@@H](O)[C@H](O)[C@H](O)CN=[N+]=[N-]. The Balaban J connectivity index is 4.46. The lowest BCUT2D eigenvalue weighted by molar-refractivity contribution is -0.162. The predicted octanol–water partition coefficient (Wildman–Crippen LogP) is -1.99. The van der Waals surface area contributed by atoms with E-state index >= 15 is 0 Å². The van der Waals surface area contributed by atoms with Crippen LogP contribution in [0.3, 0.4) is 0 Å². The van der Waals surface area contributed by atoms with E-state index in [1.165, 1.54) is 0 Å². The van der Waals surface area contributed by atoms with Gasteiger partial charge >= 0.3 is 0 Å². The second kappa shape index (κ2) is 8.39. The predicted molar refractivity (Wildman–Crippen MR) is 56.8 cm³/mol. The van der Waals surface area contributed by atoms with Crippen LogP contribution in [0.5, 0.6) is 0 Å². The van der Waals surface area contributed by atoms with Gasteiger partial charge in [0.15, 0.2) is 12.4 Å². The highest BCUT2D eigenvalue weighted by molar-refractivity contribution is 5.71. The van der Waals surface area contributed by atoms with Crippen LogP contribution in [0.4, 0.5) is 0 Å². The number of aldehydes is 1. The highest BCUT2D eigenvalue weighted by atomic mass is 16.7. The summed E-state index contributed by atoms with van der Waals surface area (Å²) in [5.41, 5.74) is 9.82. The van der Waals surface area contributed by atoms with E-state index in [4.69, 9.17) is 5.53 Å². The molecule has 0 radical (unpaired) electrons. The molecule has 102 valence electrons.